The maximum atomic E-state index is 13.1. The molecule has 5 nitrogen and oxygen atoms in total. The van der Waals surface area contributed by atoms with Crippen molar-refractivity contribution in [2.75, 3.05) is 5.32 Å². The van der Waals surface area contributed by atoms with Crippen molar-refractivity contribution in [1.82, 2.24) is 14.8 Å². The van der Waals surface area contributed by atoms with Crippen LogP contribution < -0.4 is 5.32 Å². The number of carbonyl (C=O) groups excluding carboxylic acids is 1. The van der Waals surface area contributed by atoms with E-state index in [2.05, 4.69) is 15.4 Å². The lowest BCUT2D eigenvalue weighted by molar-refractivity contribution is -0.115. The van der Waals surface area contributed by atoms with Gasteiger partial charge in [-0.25, -0.2) is 9.37 Å². The number of benzene rings is 1. The van der Waals surface area contributed by atoms with Crippen molar-refractivity contribution in [3.05, 3.63) is 69.6 Å². The van der Waals surface area contributed by atoms with Crippen LogP contribution in [0.1, 0.15) is 10.6 Å². The fraction of sp³-hybridized carbons (Fsp3) is 0.105. The lowest BCUT2D eigenvalue weighted by Crippen LogP contribution is -2.16. The molecule has 0 saturated heterocycles. The number of rotatable bonds is 5. The summed E-state index contributed by atoms with van der Waals surface area (Å²) < 4.78 is 14.7. The van der Waals surface area contributed by atoms with E-state index in [1.807, 2.05) is 35.9 Å². The molecule has 0 aliphatic carbocycles. The van der Waals surface area contributed by atoms with Gasteiger partial charge in [-0.05, 0) is 42.6 Å². The molecule has 0 bridgehead atoms. The second-order valence-corrected chi connectivity index (χ2v) is 7.78. The number of nitrogens with zero attached hydrogens (tertiary/aromatic N) is 3. The molecule has 3 heterocycles. The van der Waals surface area contributed by atoms with Crippen LogP contribution >= 0.6 is 22.7 Å². The first-order chi connectivity index (χ1) is 13.1. The topological polar surface area (TPSA) is 59.8 Å². The van der Waals surface area contributed by atoms with E-state index in [1.165, 1.54) is 23.5 Å². The van der Waals surface area contributed by atoms with Crippen LogP contribution in [-0.4, -0.2) is 20.7 Å². The summed E-state index contributed by atoms with van der Waals surface area (Å²) in [6.45, 7) is 1.86. The summed E-state index contributed by atoms with van der Waals surface area (Å²) >= 11 is 2.96. The van der Waals surface area contributed by atoms with Gasteiger partial charge in [0.25, 0.3) is 0 Å². The Hall–Kier alpha value is -2.84. The van der Waals surface area contributed by atoms with Crippen molar-refractivity contribution in [1.29, 1.82) is 0 Å². The predicted molar refractivity (Wildman–Crippen MR) is 106 cm³/mol. The second-order valence-electron chi connectivity index (χ2n) is 5.91. The molecule has 1 amide bonds. The van der Waals surface area contributed by atoms with Gasteiger partial charge in [0, 0.05) is 21.9 Å². The Morgan fingerprint density at radius 1 is 1.22 bits per heavy atom. The van der Waals surface area contributed by atoms with Gasteiger partial charge in [0.05, 0.1) is 17.8 Å². The summed E-state index contributed by atoms with van der Waals surface area (Å²) in [7, 11) is 0. The summed E-state index contributed by atoms with van der Waals surface area (Å²) in [5.74, 6) is 0.190. The van der Waals surface area contributed by atoms with Gasteiger partial charge in [-0.3, -0.25) is 4.79 Å². The predicted octanol–water partition coefficient (Wildman–Crippen LogP) is 4.69. The average Bonchev–Trinajstić information content (AvgIpc) is 3.37. The maximum absolute atomic E-state index is 13.1. The molecule has 0 aliphatic rings. The molecule has 0 unspecified atom stereocenters. The number of hydrogen-bond acceptors (Lipinski definition) is 5. The first-order valence-electron chi connectivity index (χ1n) is 8.19. The van der Waals surface area contributed by atoms with Crippen molar-refractivity contribution in [3.8, 4) is 16.4 Å². The molecule has 1 N–H and O–H groups in total. The number of halogens is 1. The van der Waals surface area contributed by atoms with Crippen LogP contribution in [0.15, 0.2) is 53.2 Å². The SMILES string of the molecule is Cc1cc(NC(=O)Cc2cccs2)n(-c2nc(-c3ccc(F)cc3)cs2)n1. The highest BCUT2D eigenvalue weighted by molar-refractivity contribution is 7.12. The van der Waals surface area contributed by atoms with Gasteiger partial charge >= 0.3 is 0 Å². The number of aryl methyl sites for hydroxylation is 1. The van der Waals surface area contributed by atoms with E-state index in [-0.39, 0.29) is 11.7 Å². The molecule has 4 aromatic rings. The highest BCUT2D eigenvalue weighted by Gasteiger charge is 2.15. The van der Waals surface area contributed by atoms with Crippen LogP contribution in [0.3, 0.4) is 0 Å². The Bertz CT molecular complexity index is 1070. The third-order valence-electron chi connectivity index (χ3n) is 3.83. The van der Waals surface area contributed by atoms with E-state index >= 15 is 0 Å². The fourth-order valence-corrected chi connectivity index (χ4v) is 4.11. The molecule has 0 radical (unpaired) electrons. The van der Waals surface area contributed by atoms with Crippen LogP contribution in [-0.2, 0) is 11.2 Å². The van der Waals surface area contributed by atoms with E-state index in [1.54, 1.807) is 28.2 Å². The van der Waals surface area contributed by atoms with E-state index in [0.717, 1.165) is 21.8 Å². The standard InChI is InChI=1S/C19H15FN4OS2/c1-12-9-17(22-18(25)10-15-3-2-8-26-15)24(23-12)19-21-16(11-27-19)13-4-6-14(20)7-5-13/h2-9,11H,10H2,1H3,(H,22,25). The number of thiophene rings is 1. The summed E-state index contributed by atoms with van der Waals surface area (Å²) in [6.07, 6.45) is 0.320. The van der Waals surface area contributed by atoms with Crippen molar-refractivity contribution >= 4 is 34.4 Å². The molecule has 0 saturated carbocycles. The van der Waals surface area contributed by atoms with Gasteiger partial charge < -0.3 is 5.32 Å². The lowest BCUT2D eigenvalue weighted by atomic mass is 10.2. The molecule has 3 aromatic heterocycles. The number of thiazole rings is 1. The third-order valence-corrected chi connectivity index (χ3v) is 5.52. The van der Waals surface area contributed by atoms with Gasteiger partial charge in [0.1, 0.15) is 11.6 Å². The fourth-order valence-electron chi connectivity index (χ4n) is 2.61. The van der Waals surface area contributed by atoms with Gasteiger partial charge in [-0.1, -0.05) is 6.07 Å². The average molecular weight is 398 g/mol. The summed E-state index contributed by atoms with van der Waals surface area (Å²) in [5.41, 5.74) is 2.34. The lowest BCUT2D eigenvalue weighted by Gasteiger charge is -2.06. The summed E-state index contributed by atoms with van der Waals surface area (Å²) in [6, 6.07) is 11.9. The van der Waals surface area contributed by atoms with Crippen LogP contribution in [0.2, 0.25) is 0 Å². The van der Waals surface area contributed by atoms with Gasteiger partial charge in [-0.15, -0.1) is 22.7 Å². The molecule has 1 aromatic carbocycles. The minimum Gasteiger partial charge on any atom is -0.310 e. The van der Waals surface area contributed by atoms with E-state index in [0.29, 0.717) is 17.4 Å². The minimum absolute atomic E-state index is 0.103. The molecule has 0 spiro atoms. The number of anilines is 1. The van der Waals surface area contributed by atoms with Crippen molar-refractivity contribution in [2.24, 2.45) is 0 Å². The van der Waals surface area contributed by atoms with Gasteiger partial charge in [0.2, 0.25) is 11.0 Å². The number of aromatic nitrogens is 3. The number of carbonyl (C=O) groups is 1. The largest absolute Gasteiger partial charge is 0.310 e. The van der Waals surface area contributed by atoms with Crippen LogP contribution in [0.5, 0.6) is 0 Å². The Labute approximate surface area is 163 Å². The third kappa shape index (κ3) is 3.96. The molecule has 27 heavy (non-hydrogen) atoms. The molecular weight excluding hydrogens is 383 g/mol. The zero-order valence-corrected chi connectivity index (χ0v) is 16.0. The number of amides is 1. The van der Waals surface area contributed by atoms with E-state index in [4.69, 9.17) is 0 Å². The van der Waals surface area contributed by atoms with Crippen molar-refractivity contribution in [2.45, 2.75) is 13.3 Å². The quantitative estimate of drug-likeness (QED) is 0.531. The van der Waals surface area contributed by atoms with Gasteiger partial charge in [-0.2, -0.15) is 9.78 Å². The molecular formula is C19H15FN4OS2. The molecule has 0 atom stereocenters. The number of hydrogen-bond donors (Lipinski definition) is 1. The molecule has 8 heteroatoms. The second kappa shape index (κ2) is 7.42. The van der Waals surface area contributed by atoms with E-state index in [9.17, 15) is 9.18 Å². The first-order valence-corrected chi connectivity index (χ1v) is 9.95. The summed E-state index contributed by atoms with van der Waals surface area (Å²) in [5, 5.41) is 11.8. The van der Waals surface area contributed by atoms with Crippen LogP contribution in [0, 0.1) is 12.7 Å². The van der Waals surface area contributed by atoms with Gasteiger partial charge in [0.15, 0.2) is 0 Å². The zero-order chi connectivity index (χ0) is 18.8. The highest BCUT2D eigenvalue weighted by Crippen LogP contribution is 2.26. The highest BCUT2D eigenvalue weighted by atomic mass is 32.1. The van der Waals surface area contributed by atoms with Crippen molar-refractivity contribution < 1.29 is 9.18 Å². The first kappa shape index (κ1) is 17.6. The zero-order valence-electron chi connectivity index (χ0n) is 14.3. The monoisotopic (exact) mass is 398 g/mol. The summed E-state index contributed by atoms with van der Waals surface area (Å²) in [4.78, 5) is 17.9. The Morgan fingerprint density at radius 2 is 2.04 bits per heavy atom. The Kier molecular flexibility index (Phi) is 4.83. The molecule has 4 rings (SSSR count). The molecule has 0 aliphatic heterocycles. The normalized spacial score (nSPS) is 10.9. The molecule has 136 valence electrons. The smallest absolute Gasteiger partial charge is 0.230 e. The van der Waals surface area contributed by atoms with Crippen LogP contribution in [0.25, 0.3) is 16.4 Å². The maximum Gasteiger partial charge on any atom is 0.230 e. The molecule has 0 fully saturated rings. The number of nitrogens with one attached hydrogen (secondary N) is 1. The van der Waals surface area contributed by atoms with Crippen molar-refractivity contribution in [3.63, 3.8) is 0 Å². The van der Waals surface area contributed by atoms with Crippen LogP contribution in [0.4, 0.5) is 10.2 Å². The minimum atomic E-state index is -0.285. The van der Waals surface area contributed by atoms with E-state index < -0.39 is 0 Å². The Balaban J connectivity index is 1.57. The Morgan fingerprint density at radius 3 is 2.78 bits per heavy atom.